The molecule has 7 heteroatoms. The maximum absolute atomic E-state index is 12.7. The number of sulfonamides is 1. The van der Waals surface area contributed by atoms with E-state index in [1.165, 1.54) is 16.4 Å². The first-order valence-corrected chi connectivity index (χ1v) is 8.74. The van der Waals surface area contributed by atoms with Crippen LogP contribution < -0.4 is 4.74 Å². The molecular weight excluding hydrogens is 306 g/mol. The standard InChI is InChI=1S/C15H21NO5S/c1-3-21-13-4-6-14(7-5-13)22(19,20)16-9-11(2)8-12(10-16)15(17)18/h4-7,11-12H,3,8-10H2,1-2H3,(H,17,18). The number of hydrogen-bond acceptors (Lipinski definition) is 4. The molecular formula is C15H21NO5S. The largest absolute Gasteiger partial charge is 0.494 e. The number of piperidine rings is 1. The van der Waals surface area contributed by atoms with Crippen LogP contribution in [0.2, 0.25) is 0 Å². The van der Waals surface area contributed by atoms with Crippen LogP contribution in [0.3, 0.4) is 0 Å². The molecule has 0 aliphatic carbocycles. The van der Waals surface area contributed by atoms with Gasteiger partial charge in [-0.3, -0.25) is 4.79 Å². The maximum atomic E-state index is 12.7. The Bertz CT molecular complexity index is 626. The quantitative estimate of drug-likeness (QED) is 0.892. The molecule has 2 rings (SSSR count). The van der Waals surface area contributed by atoms with Crippen molar-refractivity contribution in [2.24, 2.45) is 11.8 Å². The Kier molecular flexibility index (Phi) is 5.08. The minimum absolute atomic E-state index is 0.0207. The Morgan fingerprint density at radius 1 is 1.32 bits per heavy atom. The van der Waals surface area contributed by atoms with Gasteiger partial charge in [0, 0.05) is 13.1 Å². The lowest BCUT2D eigenvalue weighted by Gasteiger charge is -2.33. The number of aliphatic carboxylic acids is 1. The van der Waals surface area contributed by atoms with Crippen molar-refractivity contribution >= 4 is 16.0 Å². The Balaban J connectivity index is 2.23. The smallest absolute Gasteiger partial charge is 0.307 e. The fourth-order valence-corrected chi connectivity index (χ4v) is 4.31. The normalized spacial score (nSPS) is 23.2. The highest BCUT2D eigenvalue weighted by atomic mass is 32.2. The number of ether oxygens (including phenoxy) is 1. The number of hydrogen-bond donors (Lipinski definition) is 1. The van der Waals surface area contributed by atoms with E-state index >= 15 is 0 Å². The van der Waals surface area contributed by atoms with Crippen molar-refractivity contribution in [3.8, 4) is 5.75 Å². The molecule has 1 aromatic carbocycles. The van der Waals surface area contributed by atoms with Gasteiger partial charge >= 0.3 is 5.97 Å². The van der Waals surface area contributed by atoms with Crippen molar-refractivity contribution in [1.82, 2.24) is 4.31 Å². The number of nitrogens with zero attached hydrogens (tertiary/aromatic N) is 1. The topological polar surface area (TPSA) is 83.9 Å². The summed E-state index contributed by atoms with van der Waals surface area (Å²) in [7, 11) is -3.68. The van der Waals surface area contributed by atoms with Crippen molar-refractivity contribution in [2.75, 3.05) is 19.7 Å². The van der Waals surface area contributed by atoms with Gasteiger partial charge in [0.2, 0.25) is 10.0 Å². The Hall–Kier alpha value is -1.60. The van der Waals surface area contributed by atoms with Gasteiger partial charge in [-0.05, 0) is 43.5 Å². The second-order valence-electron chi connectivity index (χ2n) is 5.60. The summed E-state index contributed by atoms with van der Waals surface area (Å²) in [4.78, 5) is 11.3. The van der Waals surface area contributed by atoms with Crippen molar-refractivity contribution < 1.29 is 23.1 Å². The average molecular weight is 327 g/mol. The highest BCUT2D eigenvalue weighted by Gasteiger charge is 2.36. The number of benzene rings is 1. The highest BCUT2D eigenvalue weighted by molar-refractivity contribution is 7.89. The molecule has 1 aromatic rings. The molecule has 2 atom stereocenters. The van der Waals surface area contributed by atoms with Crippen LogP contribution in [0, 0.1) is 11.8 Å². The molecule has 0 aromatic heterocycles. The molecule has 1 saturated heterocycles. The van der Waals surface area contributed by atoms with E-state index in [1.54, 1.807) is 12.1 Å². The van der Waals surface area contributed by atoms with Crippen LogP contribution in [0.1, 0.15) is 20.3 Å². The molecule has 0 spiro atoms. The van der Waals surface area contributed by atoms with Crippen molar-refractivity contribution in [3.05, 3.63) is 24.3 Å². The minimum Gasteiger partial charge on any atom is -0.494 e. The van der Waals surface area contributed by atoms with Crippen molar-refractivity contribution in [2.45, 2.75) is 25.2 Å². The van der Waals surface area contributed by atoms with Gasteiger partial charge in [0.15, 0.2) is 0 Å². The lowest BCUT2D eigenvalue weighted by atomic mass is 9.92. The van der Waals surface area contributed by atoms with E-state index in [2.05, 4.69) is 0 Å². The molecule has 0 radical (unpaired) electrons. The molecule has 0 amide bonds. The molecule has 1 aliphatic heterocycles. The van der Waals surface area contributed by atoms with E-state index in [0.717, 1.165) is 0 Å². The van der Waals surface area contributed by atoms with Crippen LogP contribution in [0.15, 0.2) is 29.2 Å². The zero-order chi connectivity index (χ0) is 16.3. The molecule has 0 saturated carbocycles. The number of carbonyl (C=O) groups is 1. The van der Waals surface area contributed by atoms with Gasteiger partial charge < -0.3 is 9.84 Å². The molecule has 0 bridgehead atoms. The van der Waals surface area contributed by atoms with Crippen LogP contribution in [-0.2, 0) is 14.8 Å². The number of rotatable bonds is 5. The zero-order valence-electron chi connectivity index (χ0n) is 12.7. The van der Waals surface area contributed by atoms with E-state index in [1.807, 2.05) is 13.8 Å². The van der Waals surface area contributed by atoms with Gasteiger partial charge in [-0.2, -0.15) is 4.31 Å². The van der Waals surface area contributed by atoms with Gasteiger partial charge in [-0.25, -0.2) is 8.42 Å². The number of carboxylic acids is 1. The van der Waals surface area contributed by atoms with E-state index in [9.17, 15) is 13.2 Å². The summed E-state index contributed by atoms with van der Waals surface area (Å²) in [6, 6.07) is 6.21. The van der Waals surface area contributed by atoms with Gasteiger partial charge in [0.05, 0.1) is 17.4 Å². The fraction of sp³-hybridized carbons (Fsp3) is 0.533. The number of carboxylic acid groups (broad SMARTS) is 1. The van der Waals surface area contributed by atoms with Gasteiger partial charge in [0.25, 0.3) is 0 Å². The van der Waals surface area contributed by atoms with Crippen LogP contribution in [0.4, 0.5) is 0 Å². The third kappa shape index (κ3) is 3.59. The molecule has 2 unspecified atom stereocenters. The summed E-state index contributed by atoms with van der Waals surface area (Å²) in [5.41, 5.74) is 0. The average Bonchev–Trinajstić information content (AvgIpc) is 2.47. The zero-order valence-corrected chi connectivity index (χ0v) is 13.5. The summed E-state index contributed by atoms with van der Waals surface area (Å²) < 4.78 is 31.9. The first-order chi connectivity index (χ1) is 10.3. The second-order valence-corrected chi connectivity index (χ2v) is 7.54. The lowest BCUT2D eigenvalue weighted by molar-refractivity contribution is -0.143. The van der Waals surface area contributed by atoms with Gasteiger partial charge in [-0.15, -0.1) is 0 Å². The predicted octanol–water partition coefficient (Wildman–Crippen LogP) is 1.82. The van der Waals surface area contributed by atoms with Crippen molar-refractivity contribution in [3.63, 3.8) is 0 Å². The summed E-state index contributed by atoms with van der Waals surface area (Å²) >= 11 is 0. The maximum Gasteiger partial charge on any atom is 0.307 e. The summed E-state index contributed by atoms with van der Waals surface area (Å²) in [5.74, 6) is -0.969. The van der Waals surface area contributed by atoms with Crippen molar-refractivity contribution in [1.29, 1.82) is 0 Å². The monoisotopic (exact) mass is 327 g/mol. The predicted molar refractivity (Wildman–Crippen MR) is 81.3 cm³/mol. The molecule has 1 fully saturated rings. The highest BCUT2D eigenvalue weighted by Crippen LogP contribution is 2.27. The second kappa shape index (κ2) is 6.66. The van der Waals surface area contributed by atoms with E-state index in [0.29, 0.717) is 25.3 Å². The molecule has 6 nitrogen and oxygen atoms in total. The van der Waals surface area contributed by atoms with E-state index < -0.39 is 21.9 Å². The Morgan fingerprint density at radius 3 is 2.50 bits per heavy atom. The SMILES string of the molecule is CCOc1ccc(S(=O)(=O)N2CC(C)CC(C(=O)O)C2)cc1. The third-order valence-corrected chi connectivity index (χ3v) is 5.59. The summed E-state index contributed by atoms with van der Waals surface area (Å²) in [6.07, 6.45) is 0.505. The summed E-state index contributed by atoms with van der Waals surface area (Å²) in [6.45, 7) is 4.60. The van der Waals surface area contributed by atoms with Crippen LogP contribution in [0.25, 0.3) is 0 Å². The van der Waals surface area contributed by atoms with Gasteiger partial charge in [0.1, 0.15) is 5.75 Å². The van der Waals surface area contributed by atoms with E-state index in [4.69, 9.17) is 9.84 Å². The Morgan fingerprint density at radius 2 is 1.95 bits per heavy atom. The molecule has 1 N–H and O–H groups in total. The van der Waals surface area contributed by atoms with E-state index in [-0.39, 0.29) is 17.4 Å². The molecule has 1 heterocycles. The molecule has 122 valence electrons. The first kappa shape index (κ1) is 16.8. The van der Waals surface area contributed by atoms with Crippen LogP contribution in [-0.4, -0.2) is 43.5 Å². The van der Waals surface area contributed by atoms with Crippen LogP contribution >= 0.6 is 0 Å². The van der Waals surface area contributed by atoms with Gasteiger partial charge in [-0.1, -0.05) is 6.92 Å². The first-order valence-electron chi connectivity index (χ1n) is 7.30. The fourth-order valence-electron chi connectivity index (χ4n) is 2.70. The molecule has 22 heavy (non-hydrogen) atoms. The third-order valence-electron chi connectivity index (χ3n) is 3.75. The minimum atomic E-state index is -3.68. The Labute approximate surface area is 130 Å². The lowest BCUT2D eigenvalue weighted by Crippen LogP contribution is -2.45. The summed E-state index contributed by atoms with van der Waals surface area (Å²) in [5, 5.41) is 9.17. The molecule has 1 aliphatic rings. The van der Waals surface area contributed by atoms with Crippen LogP contribution in [0.5, 0.6) is 5.75 Å².